The van der Waals surface area contributed by atoms with Crippen LogP contribution in [0.25, 0.3) is 11.5 Å². The fourth-order valence-electron chi connectivity index (χ4n) is 3.96. The number of nitrogens with zero attached hydrogens (tertiary/aromatic N) is 5. The molecule has 0 bridgehead atoms. The molecule has 3 aromatic rings. The van der Waals surface area contributed by atoms with Crippen LogP contribution in [0.15, 0.2) is 35.0 Å². The Morgan fingerprint density at radius 3 is 2.88 bits per heavy atom. The molecular formula is C20H20F3N7O3. The molecule has 0 radical (unpaired) electrons. The van der Waals surface area contributed by atoms with Crippen molar-refractivity contribution in [3.63, 3.8) is 0 Å². The first-order chi connectivity index (χ1) is 15.8. The van der Waals surface area contributed by atoms with Crippen molar-refractivity contribution in [2.45, 2.75) is 50.2 Å². The van der Waals surface area contributed by atoms with Gasteiger partial charge in [-0.05, 0) is 42.9 Å². The highest BCUT2D eigenvalue weighted by molar-refractivity contribution is 5.90. The summed E-state index contributed by atoms with van der Waals surface area (Å²) in [4.78, 5) is 12.6. The van der Waals surface area contributed by atoms with E-state index >= 15 is 0 Å². The van der Waals surface area contributed by atoms with Gasteiger partial charge in [-0.25, -0.2) is 0 Å². The number of alkyl halides is 3. The third-order valence-electron chi connectivity index (χ3n) is 5.56. The largest absolute Gasteiger partial charge is 0.573 e. The van der Waals surface area contributed by atoms with Crippen LogP contribution in [0.1, 0.15) is 41.4 Å². The molecule has 0 unspecified atom stereocenters. The number of ether oxygens (including phenoxy) is 1. The molecule has 2 aromatic heterocycles. The molecule has 1 aromatic carbocycles. The maximum atomic E-state index is 12.6. The summed E-state index contributed by atoms with van der Waals surface area (Å²) in [5.41, 5.74) is 1.12. The first-order valence-electron chi connectivity index (χ1n) is 10.5. The molecule has 2 atom stereocenters. The van der Waals surface area contributed by atoms with E-state index in [0.29, 0.717) is 25.1 Å². The van der Waals surface area contributed by atoms with Crippen molar-refractivity contribution in [2.24, 2.45) is 0 Å². The average Bonchev–Trinajstić information content (AvgIpc) is 3.15. The van der Waals surface area contributed by atoms with Crippen LogP contribution in [-0.4, -0.2) is 56.1 Å². The lowest BCUT2D eigenvalue weighted by Crippen LogP contribution is -2.36. The highest BCUT2D eigenvalue weighted by Crippen LogP contribution is 2.45. The number of hydrogen-bond donors (Lipinski definition) is 2. The zero-order chi connectivity index (χ0) is 23.0. The number of aromatic nitrogens is 5. The summed E-state index contributed by atoms with van der Waals surface area (Å²) < 4.78 is 49.2. The normalized spacial score (nSPS) is 20.7. The quantitative estimate of drug-likeness (QED) is 0.548. The van der Waals surface area contributed by atoms with Crippen LogP contribution in [0.2, 0.25) is 0 Å². The molecular weight excluding hydrogens is 443 g/mol. The van der Waals surface area contributed by atoms with Crippen molar-refractivity contribution in [1.82, 2.24) is 35.8 Å². The van der Waals surface area contributed by atoms with Crippen molar-refractivity contribution in [3.8, 4) is 17.2 Å². The number of halogens is 3. The highest BCUT2D eigenvalue weighted by atomic mass is 19.4. The molecule has 13 heteroatoms. The number of amides is 1. The smallest absolute Gasteiger partial charge is 0.412 e. The Kier molecular flexibility index (Phi) is 5.48. The standard InChI is InChI=1S/C20H20F3N7O3/c21-20(22,23)33-14-3-4-15(11-1-2-11)16(8-14)18-27-28-19(32-18)17(31)26-12-7-13(24-9-12)10-30-6-5-25-29-30/h3-6,8,11-13,24H,1-2,7,9-10H2,(H,26,31)/t12-,13+/m1/s1. The molecule has 1 amide bonds. The Bertz CT molecular complexity index is 1130. The van der Waals surface area contributed by atoms with E-state index in [2.05, 4.69) is 35.9 Å². The van der Waals surface area contributed by atoms with Crippen molar-refractivity contribution in [1.29, 1.82) is 0 Å². The van der Waals surface area contributed by atoms with Gasteiger partial charge in [-0.15, -0.1) is 28.5 Å². The lowest BCUT2D eigenvalue weighted by molar-refractivity contribution is -0.274. The molecule has 0 spiro atoms. The number of hydrogen-bond acceptors (Lipinski definition) is 8. The molecule has 1 saturated heterocycles. The fourth-order valence-corrected chi connectivity index (χ4v) is 3.96. The summed E-state index contributed by atoms with van der Waals surface area (Å²) >= 11 is 0. The summed E-state index contributed by atoms with van der Waals surface area (Å²) in [5.74, 6) is -1.01. The van der Waals surface area contributed by atoms with Crippen LogP contribution in [0.5, 0.6) is 5.75 Å². The maximum Gasteiger partial charge on any atom is 0.573 e. The van der Waals surface area contributed by atoms with E-state index in [1.54, 1.807) is 23.1 Å². The Hall–Kier alpha value is -3.48. The van der Waals surface area contributed by atoms with Crippen molar-refractivity contribution >= 4 is 5.91 Å². The van der Waals surface area contributed by atoms with Crippen LogP contribution < -0.4 is 15.4 Å². The Labute approximate surface area is 185 Å². The van der Waals surface area contributed by atoms with Crippen LogP contribution in [-0.2, 0) is 6.54 Å². The van der Waals surface area contributed by atoms with E-state index in [4.69, 9.17) is 4.42 Å². The SMILES string of the molecule is O=C(N[C@H]1CN[C@H](Cn2ccnn2)C1)c1nnc(-c2cc(OC(F)(F)F)ccc2C2CC2)o1. The maximum absolute atomic E-state index is 12.6. The van der Waals surface area contributed by atoms with E-state index in [-0.39, 0.29) is 35.5 Å². The number of rotatable bonds is 7. The summed E-state index contributed by atoms with van der Waals surface area (Å²) in [6.07, 6.45) is 1.05. The lowest BCUT2D eigenvalue weighted by Gasteiger charge is -2.12. The molecule has 1 aliphatic carbocycles. The van der Waals surface area contributed by atoms with Gasteiger partial charge in [0.25, 0.3) is 0 Å². The van der Waals surface area contributed by atoms with E-state index in [1.807, 2.05) is 0 Å². The van der Waals surface area contributed by atoms with Gasteiger partial charge in [0, 0.05) is 30.4 Å². The van der Waals surface area contributed by atoms with Gasteiger partial charge in [-0.2, -0.15) is 0 Å². The van der Waals surface area contributed by atoms with Gasteiger partial charge in [-0.3, -0.25) is 9.48 Å². The minimum atomic E-state index is -4.82. The second-order valence-electron chi connectivity index (χ2n) is 8.12. The van der Waals surface area contributed by atoms with Crippen LogP contribution in [0.4, 0.5) is 13.2 Å². The van der Waals surface area contributed by atoms with Gasteiger partial charge < -0.3 is 19.8 Å². The van der Waals surface area contributed by atoms with Gasteiger partial charge in [0.1, 0.15) is 5.75 Å². The average molecular weight is 463 g/mol. The van der Waals surface area contributed by atoms with Crippen molar-refractivity contribution < 1.29 is 27.1 Å². The van der Waals surface area contributed by atoms with Gasteiger partial charge in [0.05, 0.1) is 12.7 Å². The topological polar surface area (TPSA) is 120 Å². The molecule has 2 aliphatic rings. The van der Waals surface area contributed by atoms with E-state index in [9.17, 15) is 18.0 Å². The predicted octanol–water partition coefficient (Wildman–Crippen LogP) is 2.26. The Morgan fingerprint density at radius 2 is 2.15 bits per heavy atom. The highest BCUT2D eigenvalue weighted by Gasteiger charge is 2.34. The zero-order valence-electron chi connectivity index (χ0n) is 17.2. The van der Waals surface area contributed by atoms with Gasteiger partial charge in [0.15, 0.2) is 0 Å². The second-order valence-corrected chi connectivity index (χ2v) is 8.12. The summed E-state index contributed by atoms with van der Waals surface area (Å²) in [7, 11) is 0. The molecule has 1 saturated carbocycles. The van der Waals surface area contributed by atoms with Gasteiger partial charge >= 0.3 is 18.2 Å². The third kappa shape index (κ3) is 5.13. The zero-order valence-corrected chi connectivity index (χ0v) is 17.2. The van der Waals surface area contributed by atoms with Crippen LogP contribution >= 0.6 is 0 Å². The Morgan fingerprint density at radius 1 is 1.30 bits per heavy atom. The number of benzene rings is 1. The molecule has 174 valence electrons. The molecule has 2 fully saturated rings. The van der Waals surface area contributed by atoms with Crippen LogP contribution in [0, 0.1) is 0 Å². The second kappa shape index (κ2) is 8.46. The van der Waals surface area contributed by atoms with Gasteiger partial charge in [0.2, 0.25) is 5.89 Å². The Balaban J connectivity index is 1.27. The summed E-state index contributed by atoms with van der Waals surface area (Å²) in [5, 5.41) is 21.6. The predicted molar refractivity (Wildman–Crippen MR) is 106 cm³/mol. The van der Waals surface area contributed by atoms with E-state index in [0.717, 1.165) is 18.4 Å². The number of nitrogens with one attached hydrogen (secondary N) is 2. The summed E-state index contributed by atoms with van der Waals surface area (Å²) in [6.45, 7) is 1.19. The first kappa shape index (κ1) is 21.4. The minimum Gasteiger partial charge on any atom is -0.412 e. The third-order valence-corrected chi connectivity index (χ3v) is 5.56. The number of carbonyl (C=O) groups excluding carboxylic acids is 1. The molecule has 3 heterocycles. The monoisotopic (exact) mass is 463 g/mol. The molecule has 10 nitrogen and oxygen atoms in total. The van der Waals surface area contributed by atoms with E-state index < -0.39 is 12.3 Å². The lowest BCUT2D eigenvalue weighted by atomic mass is 10.0. The number of carbonyl (C=O) groups is 1. The molecule has 1 aliphatic heterocycles. The van der Waals surface area contributed by atoms with Crippen LogP contribution in [0.3, 0.4) is 0 Å². The van der Waals surface area contributed by atoms with Crippen molar-refractivity contribution in [3.05, 3.63) is 42.0 Å². The van der Waals surface area contributed by atoms with E-state index in [1.165, 1.54) is 12.1 Å². The molecule has 33 heavy (non-hydrogen) atoms. The summed E-state index contributed by atoms with van der Waals surface area (Å²) in [6, 6.07) is 4.01. The molecule has 2 N–H and O–H groups in total. The fraction of sp³-hybridized carbons (Fsp3) is 0.450. The van der Waals surface area contributed by atoms with Gasteiger partial charge in [-0.1, -0.05) is 11.3 Å². The van der Waals surface area contributed by atoms with Crippen molar-refractivity contribution in [2.75, 3.05) is 6.54 Å². The minimum absolute atomic E-state index is 0.0247. The first-order valence-corrected chi connectivity index (χ1v) is 10.5. The molecule has 5 rings (SSSR count).